The molecule has 1 aromatic carbocycles. The average molecular weight is 333 g/mol. The Balaban J connectivity index is 0.00000254. The Hall–Kier alpha value is -2.14. The van der Waals surface area contributed by atoms with Gasteiger partial charge in [-0.25, -0.2) is 4.99 Å². The lowest BCUT2D eigenvalue weighted by Crippen LogP contribution is -2.25. The maximum Gasteiger partial charge on any atom is 0.218 e. The Bertz CT molecular complexity index is 534. The van der Waals surface area contributed by atoms with Crippen LogP contribution < -0.4 is 10.1 Å². The zero-order valence-electron chi connectivity index (χ0n) is 15.8. The Kier molecular flexibility index (Phi) is 12.1. The fourth-order valence-corrected chi connectivity index (χ4v) is 1.85. The quantitative estimate of drug-likeness (QED) is 0.470. The second kappa shape index (κ2) is 13.3. The number of benzene rings is 1. The van der Waals surface area contributed by atoms with Crippen molar-refractivity contribution >= 4 is 11.7 Å². The zero-order chi connectivity index (χ0) is 18.4. The van der Waals surface area contributed by atoms with Crippen LogP contribution in [0.2, 0.25) is 0 Å². The number of methoxy groups -OCH3 is 2. The fraction of sp³-hybridized carbons (Fsp3) is 0.474. The molecule has 0 saturated heterocycles. The lowest BCUT2D eigenvalue weighted by Gasteiger charge is -2.10. The van der Waals surface area contributed by atoms with Crippen LogP contribution in [0.4, 0.5) is 0 Å². The summed E-state index contributed by atoms with van der Waals surface area (Å²) < 4.78 is 10.2. The molecule has 0 fully saturated rings. The SMILES string of the molecule is C=C(C)/C(=N\C(=NC)NCCCOC)c1ccc(OC)cc1.CC. The molecule has 0 spiro atoms. The molecule has 0 atom stereocenters. The normalized spacial score (nSPS) is 11.4. The van der Waals surface area contributed by atoms with E-state index in [1.807, 2.05) is 45.0 Å². The summed E-state index contributed by atoms with van der Waals surface area (Å²) in [6, 6.07) is 7.74. The molecule has 0 aromatic heterocycles. The minimum atomic E-state index is 0.588. The third kappa shape index (κ3) is 7.92. The van der Waals surface area contributed by atoms with Gasteiger partial charge >= 0.3 is 0 Å². The van der Waals surface area contributed by atoms with Gasteiger partial charge in [0, 0.05) is 32.9 Å². The Morgan fingerprint density at radius 2 is 1.79 bits per heavy atom. The van der Waals surface area contributed by atoms with Crippen molar-refractivity contribution in [2.24, 2.45) is 9.98 Å². The van der Waals surface area contributed by atoms with Gasteiger partial charge in [0.2, 0.25) is 5.96 Å². The number of nitrogens with one attached hydrogen (secondary N) is 1. The van der Waals surface area contributed by atoms with Crippen LogP contribution in [0, 0.1) is 0 Å². The van der Waals surface area contributed by atoms with Crippen molar-refractivity contribution in [2.75, 3.05) is 34.4 Å². The number of hydrogen-bond donors (Lipinski definition) is 1. The predicted octanol–water partition coefficient (Wildman–Crippen LogP) is 3.70. The second-order valence-electron chi connectivity index (χ2n) is 4.79. The van der Waals surface area contributed by atoms with Crippen LogP contribution in [-0.4, -0.2) is 46.1 Å². The first-order chi connectivity index (χ1) is 11.6. The third-order valence-electron chi connectivity index (χ3n) is 3.01. The standard InChI is InChI=1S/C17H25N3O2.C2H6/c1-13(2)16(14-7-9-15(22-5)10-8-14)20-17(18-3)19-11-6-12-21-4;1-2/h7-10H,1,6,11-12H2,2-5H3,(H,18,19);1-2H3/b20-16+;. The summed E-state index contributed by atoms with van der Waals surface area (Å²) in [7, 11) is 5.05. The zero-order valence-corrected chi connectivity index (χ0v) is 15.8. The van der Waals surface area contributed by atoms with Crippen molar-refractivity contribution in [3.8, 4) is 5.75 Å². The lowest BCUT2D eigenvalue weighted by molar-refractivity contribution is 0.195. The number of aliphatic imine (C=N–C) groups is 2. The van der Waals surface area contributed by atoms with E-state index >= 15 is 0 Å². The smallest absolute Gasteiger partial charge is 0.218 e. The van der Waals surface area contributed by atoms with Crippen LogP contribution in [-0.2, 0) is 4.74 Å². The molecule has 134 valence electrons. The van der Waals surface area contributed by atoms with Gasteiger partial charge in [0.15, 0.2) is 0 Å². The van der Waals surface area contributed by atoms with Crippen LogP contribution in [0.25, 0.3) is 0 Å². The van der Waals surface area contributed by atoms with Crippen LogP contribution in [0.3, 0.4) is 0 Å². The summed E-state index contributed by atoms with van der Waals surface area (Å²) in [5, 5.41) is 3.20. The van der Waals surface area contributed by atoms with Crippen molar-refractivity contribution in [1.82, 2.24) is 5.32 Å². The van der Waals surface area contributed by atoms with Crippen molar-refractivity contribution in [3.63, 3.8) is 0 Å². The molecule has 1 aromatic rings. The van der Waals surface area contributed by atoms with E-state index in [1.54, 1.807) is 21.3 Å². The van der Waals surface area contributed by atoms with Crippen molar-refractivity contribution in [2.45, 2.75) is 27.2 Å². The maximum atomic E-state index is 5.18. The summed E-state index contributed by atoms with van der Waals surface area (Å²) in [5.74, 6) is 1.40. The predicted molar refractivity (Wildman–Crippen MR) is 104 cm³/mol. The minimum Gasteiger partial charge on any atom is -0.497 e. The average Bonchev–Trinajstić information content (AvgIpc) is 2.63. The molecule has 0 radical (unpaired) electrons. The summed E-state index contributed by atoms with van der Waals surface area (Å²) >= 11 is 0. The molecule has 5 nitrogen and oxygen atoms in total. The molecule has 24 heavy (non-hydrogen) atoms. The van der Waals surface area contributed by atoms with E-state index in [-0.39, 0.29) is 0 Å². The third-order valence-corrected chi connectivity index (χ3v) is 3.01. The van der Waals surface area contributed by atoms with Crippen molar-refractivity contribution in [1.29, 1.82) is 0 Å². The van der Waals surface area contributed by atoms with Crippen LogP contribution in [0.15, 0.2) is 46.4 Å². The number of hydrogen-bond acceptors (Lipinski definition) is 3. The van der Waals surface area contributed by atoms with Gasteiger partial charge in [-0.3, -0.25) is 4.99 Å². The summed E-state index contributed by atoms with van der Waals surface area (Å²) in [6.45, 7) is 11.4. The molecule has 5 heteroatoms. The number of nitrogens with zero attached hydrogens (tertiary/aromatic N) is 2. The van der Waals surface area contributed by atoms with Gasteiger partial charge < -0.3 is 14.8 Å². The second-order valence-corrected chi connectivity index (χ2v) is 4.79. The lowest BCUT2D eigenvalue weighted by atomic mass is 10.0. The molecule has 1 rings (SSSR count). The maximum absolute atomic E-state index is 5.18. The summed E-state index contributed by atoms with van der Waals surface area (Å²) in [6.07, 6.45) is 0.899. The van der Waals surface area contributed by atoms with Gasteiger partial charge in [-0.15, -0.1) is 0 Å². The van der Waals surface area contributed by atoms with E-state index in [9.17, 15) is 0 Å². The first-order valence-electron chi connectivity index (χ1n) is 8.21. The molecule has 0 aliphatic rings. The van der Waals surface area contributed by atoms with Gasteiger partial charge in [-0.05, 0) is 43.2 Å². The highest BCUT2D eigenvalue weighted by molar-refractivity contribution is 6.16. The monoisotopic (exact) mass is 333 g/mol. The van der Waals surface area contributed by atoms with Crippen LogP contribution in [0.5, 0.6) is 5.75 Å². The molecule has 0 amide bonds. The molecule has 0 heterocycles. The molecule has 0 aliphatic carbocycles. The fourth-order valence-electron chi connectivity index (χ4n) is 1.85. The highest BCUT2D eigenvalue weighted by Gasteiger charge is 2.07. The van der Waals surface area contributed by atoms with E-state index in [0.29, 0.717) is 12.6 Å². The summed E-state index contributed by atoms with van der Waals surface area (Å²) in [4.78, 5) is 8.77. The molecule has 0 unspecified atom stereocenters. The Morgan fingerprint density at radius 1 is 1.17 bits per heavy atom. The van der Waals surface area contributed by atoms with Crippen molar-refractivity contribution in [3.05, 3.63) is 42.0 Å². The first kappa shape index (κ1) is 21.9. The Labute approximate surface area is 146 Å². The molecular formula is C19H31N3O2. The summed E-state index contributed by atoms with van der Waals surface area (Å²) in [5.41, 5.74) is 2.67. The number of ether oxygens (including phenoxy) is 2. The van der Waals surface area contributed by atoms with Gasteiger partial charge in [0.25, 0.3) is 0 Å². The highest BCUT2D eigenvalue weighted by Crippen LogP contribution is 2.14. The molecule has 0 bridgehead atoms. The van der Waals surface area contributed by atoms with Crippen LogP contribution >= 0.6 is 0 Å². The molecule has 1 N–H and O–H groups in total. The first-order valence-corrected chi connectivity index (χ1v) is 8.21. The number of guanidine groups is 1. The highest BCUT2D eigenvalue weighted by atomic mass is 16.5. The Morgan fingerprint density at radius 3 is 2.25 bits per heavy atom. The van der Waals surface area contributed by atoms with E-state index in [1.165, 1.54) is 0 Å². The van der Waals surface area contributed by atoms with E-state index in [2.05, 4.69) is 21.9 Å². The molecular weight excluding hydrogens is 302 g/mol. The van der Waals surface area contributed by atoms with E-state index in [0.717, 1.165) is 35.6 Å². The number of rotatable bonds is 7. The van der Waals surface area contributed by atoms with E-state index in [4.69, 9.17) is 9.47 Å². The van der Waals surface area contributed by atoms with Crippen LogP contribution in [0.1, 0.15) is 32.8 Å². The van der Waals surface area contributed by atoms with Gasteiger partial charge in [0.1, 0.15) is 5.75 Å². The number of allylic oxidation sites excluding steroid dienone is 1. The van der Waals surface area contributed by atoms with Gasteiger partial charge in [-0.1, -0.05) is 20.4 Å². The minimum absolute atomic E-state index is 0.588. The van der Waals surface area contributed by atoms with Gasteiger partial charge in [-0.2, -0.15) is 0 Å². The van der Waals surface area contributed by atoms with Crippen molar-refractivity contribution < 1.29 is 9.47 Å². The van der Waals surface area contributed by atoms with Gasteiger partial charge in [0.05, 0.1) is 12.8 Å². The molecule has 0 aliphatic heterocycles. The van der Waals surface area contributed by atoms with E-state index < -0.39 is 0 Å². The largest absolute Gasteiger partial charge is 0.497 e. The molecule has 0 saturated carbocycles. The topological polar surface area (TPSA) is 55.2 Å².